The van der Waals surface area contributed by atoms with Crippen LogP contribution in [0.15, 0.2) is 24.3 Å². The number of aliphatic carboxylic acids is 1. The minimum absolute atomic E-state index is 0.112. The van der Waals surface area contributed by atoms with Crippen LogP contribution >= 0.6 is 35.0 Å². The Morgan fingerprint density at radius 3 is 2.12 bits per heavy atom. The van der Waals surface area contributed by atoms with Gasteiger partial charge in [-0.1, -0.05) is 26.0 Å². The highest BCUT2D eigenvalue weighted by Gasteiger charge is 2.28. The number of alkyl halides is 2. The Balaban J connectivity index is 2.79. The van der Waals surface area contributed by atoms with Crippen LogP contribution in [0.2, 0.25) is 0 Å². The topological polar surface area (TPSA) is 98.7 Å². The van der Waals surface area contributed by atoms with Crippen LogP contribution in [0.25, 0.3) is 0 Å². The molecule has 10 heteroatoms. The van der Waals surface area contributed by atoms with Crippen molar-refractivity contribution in [2.75, 3.05) is 41.8 Å². The number of nitrogens with zero attached hydrogens (tertiary/aromatic N) is 1. The molecule has 180 valence electrons. The average Bonchev–Trinajstić information content (AvgIpc) is 2.74. The first-order chi connectivity index (χ1) is 15.2. The Kier molecular flexibility index (Phi) is 13.5. The van der Waals surface area contributed by atoms with E-state index in [0.717, 1.165) is 11.3 Å². The first kappa shape index (κ1) is 28.4. The number of hydrogen-bond donors (Lipinski definition) is 3. The van der Waals surface area contributed by atoms with E-state index in [9.17, 15) is 19.5 Å². The third kappa shape index (κ3) is 9.88. The number of carbonyl (C=O) groups is 3. The van der Waals surface area contributed by atoms with Crippen molar-refractivity contribution in [1.29, 1.82) is 0 Å². The van der Waals surface area contributed by atoms with Crippen LogP contribution in [0.5, 0.6) is 0 Å². The summed E-state index contributed by atoms with van der Waals surface area (Å²) >= 11 is 13.3. The molecule has 0 saturated heterocycles. The minimum Gasteiger partial charge on any atom is -0.480 e. The van der Waals surface area contributed by atoms with Gasteiger partial charge in [-0.3, -0.25) is 9.59 Å². The molecule has 0 fully saturated rings. The van der Waals surface area contributed by atoms with Crippen molar-refractivity contribution in [1.82, 2.24) is 10.6 Å². The summed E-state index contributed by atoms with van der Waals surface area (Å²) in [5.74, 6) is -0.524. The number of nitrogens with one attached hydrogen (secondary N) is 2. The van der Waals surface area contributed by atoms with Crippen molar-refractivity contribution < 1.29 is 19.5 Å². The van der Waals surface area contributed by atoms with E-state index < -0.39 is 24.0 Å². The number of hydrogen-bond acceptors (Lipinski definition) is 5. The summed E-state index contributed by atoms with van der Waals surface area (Å²) in [6.45, 7) is 4.79. The van der Waals surface area contributed by atoms with E-state index in [1.54, 1.807) is 25.6 Å². The number of carboxylic acids is 1. The van der Waals surface area contributed by atoms with E-state index in [1.807, 2.05) is 30.5 Å². The molecule has 7 nitrogen and oxygen atoms in total. The van der Waals surface area contributed by atoms with Crippen molar-refractivity contribution in [2.24, 2.45) is 5.92 Å². The van der Waals surface area contributed by atoms with Gasteiger partial charge in [0, 0.05) is 30.5 Å². The third-order valence-electron chi connectivity index (χ3n) is 4.87. The van der Waals surface area contributed by atoms with Crippen molar-refractivity contribution in [3.05, 3.63) is 29.8 Å². The second-order valence-electron chi connectivity index (χ2n) is 7.68. The summed E-state index contributed by atoms with van der Waals surface area (Å²) in [5.41, 5.74) is 1.78. The molecule has 0 aliphatic heterocycles. The summed E-state index contributed by atoms with van der Waals surface area (Å²) < 4.78 is 0. The molecule has 32 heavy (non-hydrogen) atoms. The third-order valence-corrected chi connectivity index (χ3v) is 5.85. The van der Waals surface area contributed by atoms with Gasteiger partial charge in [0.05, 0.1) is 6.42 Å². The normalized spacial score (nSPS) is 12.8. The Morgan fingerprint density at radius 2 is 1.66 bits per heavy atom. The monoisotopic (exact) mass is 505 g/mol. The van der Waals surface area contributed by atoms with Gasteiger partial charge < -0.3 is 20.6 Å². The molecule has 0 unspecified atom stereocenters. The molecule has 0 aliphatic carbocycles. The Bertz CT molecular complexity index is 728. The molecular formula is C22H33Cl2N3O4S. The highest BCUT2D eigenvalue weighted by molar-refractivity contribution is 7.98. The molecule has 2 amide bonds. The SMILES string of the molecule is CSCC[C@@H](NC(=O)Cc1ccc(N(CCCl)CCCl)cc1)C(=O)N[C@@H](C(=O)O)C(C)C. The van der Waals surface area contributed by atoms with Gasteiger partial charge in [0.1, 0.15) is 12.1 Å². The van der Waals surface area contributed by atoms with Crippen molar-refractivity contribution in [3.63, 3.8) is 0 Å². The average molecular weight is 506 g/mol. The summed E-state index contributed by atoms with van der Waals surface area (Å²) in [6, 6.07) is 5.76. The van der Waals surface area contributed by atoms with E-state index in [2.05, 4.69) is 15.5 Å². The van der Waals surface area contributed by atoms with E-state index in [0.29, 0.717) is 37.0 Å². The van der Waals surface area contributed by atoms with Gasteiger partial charge in [0.2, 0.25) is 11.8 Å². The lowest BCUT2D eigenvalue weighted by molar-refractivity contribution is -0.143. The lowest BCUT2D eigenvalue weighted by Gasteiger charge is -2.24. The predicted molar refractivity (Wildman–Crippen MR) is 133 cm³/mol. The second-order valence-corrected chi connectivity index (χ2v) is 9.42. The van der Waals surface area contributed by atoms with Gasteiger partial charge >= 0.3 is 5.97 Å². The maximum atomic E-state index is 12.7. The number of anilines is 1. The lowest BCUT2D eigenvalue weighted by atomic mass is 10.0. The molecular weight excluding hydrogens is 473 g/mol. The molecule has 0 aliphatic rings. The van der Waals surface area contributed by atoms with Crippen LogP contribution in [-0.4, -0.2) is 71.8 Å². The Morgan fingerprint density at radius 1 is 1.06 bits per heavy atom. The lowest BCUT2D eigenvalue weighted by Crippen LogP contribution is -2.53. The maximum absolute atomic E-state index is 12.7. The zero-order valence-electron chi connectivity index (χ0n) is 18.8. The van der Waals surface area contributed by atoms with Gasteiger partial charge in [0.25, 0.3) is 0 Å². The second kappa shape index (κ2) is 15.2. The zero-order chi connectivity index (χ0) is 24.1. The van der Waals surface area contributed by atoms with Gasteiger partial charge in [0.15, 0.2) is 0 Å². The molecule has 0 heterocycles. The van der Waals surface area contributed by atoms with Gasteiger partial charge in [-0.25, -0.2) is 4.79 Å². The minimum atomic E-state index is -1.10. The first-order valence-electron chi connectivity index (χ1n) is 10.5. The van der Waals surface area contributed by atoms with Crippen molar-refractivity contribution in [3.8, 4) is 0 Å². The number of carboxylic acid groups (broad SMARTS) is 1. The van der Waals surface area contributed by atoms with E-state index in [1.165, 1.54) is 0 Å². The molecule has 0 spiro atoms. The smallest absolute Gasteiger partial charge is 0.326 e. The number of rotatable bonds is 15. The largest absolute Gasteiger partial charge is 0.480 e. The molecule has 1 rings (SSSR count). The maximum Gasteiger partial charge on any atom is 0.326 e. The fraction of sp³-hybridized carbons (Fsp3) is 0.591. The van der Waals surface area contributed by atoms with E-state index in [4.69, 9.17) is 23.2 Å². The Labute approximate surface area is 204 Å². The van der Waals surface area contributed by atoms with E-state index >= 15 is 0 Å². The fourth-order valence-electron chi connectivity index (χ4n) is 3.10. The molecule has 2 atom stereocenters. The molecule has 3 N–H and O–H groups in total. The highest BCUT2D eigenvalue weighted by Crippen LogP contribution is 2.16. The number of carbonyl (C=O) groups excluding carboxylic acids is 2. The zero-order valence-corrected chi connectivity index (χ0v) is 21.1. The fourth-order valence-corrected chi connectivity index (χ4v) is 3.98. The number of amides is 2. The van der Waals surface area contributed by atoms with Crippen LogP contribution < -0.4 is 15.5 Å². The quantitative estimate of drug-likeness (QED) is 0.317. The van der Waals surface area contributed by atoms with Crippen molar-refractivity contribution in [2.45, 2.75) is 38.8 Å². The molecule has 0 radical (unpaired) electrons. The van der Waals surface area contributed by atoms with Gasteiger partial charge in [-0.05, 0) is 42.0 Å². The highest BCUT2D eigenvalue weighted by atomic mass is 35.5. The molecule has 0 saturated carbocycles. The number of halogens is 2. The van der Waals surface area contributed by atoms with Crippen LogP contribution in [0.3, 0.4) is 0 Å². The van der Waals surface area contributed by atoms with Crippen LogP contribution in [0.1, 0.15) is 25.8 Å². The summed E-state index contributed by atoms with van der Waals surface area (Å²) in [4.78, 5) is 38.8. The number of benzene rings is 1. The summed E-state index contributed by atoms with van der Waals surface area (Å²) in [6.07, 6.45) is 2.43. The predicted octanol–water partition coefficient (Wildman–Crippen LogP) is 2.98. The number of thioether (sulfide) groups is 1. The van der Waals surface area contributed by atoms with Gasteiger partial charge in [-0.2, -0.15) is 11.8 Å². The van der Waals surface area contributed by atoms with Crippen molar-refractivity contribution >= 4 is 58.4 Å². The molecule has 0 bridgehead atoms. The van der Waals surface area contributed by atoms with Crippen LogP contribution in [0, 0.1) is 5.92 Å². The standard InChI is InChI=1S/C22H33Cl2N3O4S/c1-15(2)20(22(30)31)26-21(29)18(8-13-32-3)25-19(28)14-16-4-6-17(7-5-16)27(11-9-23)12-10-24/h4-7,15,18,20H,8-14H2,1-3H3,(H,25,28)(H,26,29)(H,30,31)/t18-,20-/m1/s1. The molecule has 0 aromatic heterocycles. The first-order valence-corrected chi connectivity index (χ1v) is 13.0. The summed E-state index contributed by atoms with van der Waals surface area (Å²) in [5, 5.41) is 14.6. The van der Waals surface area contributed by atoms with E-state index in [-0.39, 0.29) is 18.2 Å². The molecule has 1 aromatic rings. The van der Waals surface area contributed by atoms with Gasteiger partial charge in [-0.15, -0.1) is 23.2 Å². The Hall–Kier alpha value is -1.64. The van der Waals surface area contributed by atoms with Crippen LogP contribution in [-0.2, 0) is 20.8 Å². The van der Waals surface area contributed by atoms with Crippen LogP contribution in [0.4, 0.5) is 5.69 Å². The summed E-state index contributed by atoms with van der Waals surface area (Å²) in [7, 11) is 0. The molecule has 1 aromatic carbocycles.